The summed E-state index contributed by atoms with van der Waals surface area (Å²) in [4.78, 5) is 18.0. The number of anilines is 1. The third kappa shape index (κ3) is 3.86. The molecule has 0 aliphatic carbocycles. The van der Waals surface area contributed by atoms with Crippen LogP contribution in [0.25, 0.3) is 11.3 Å². The Balaban J connectivity index is 2.18. The number of nitrogens with one attached hydrogen (secondary N) is 1. The Hall–Kier alpha value is -1.33. The fraction of sp³-hybridized carbons (Fsp3) is 0.375. The van der Waals surface area contributed by atoms with Crippen molar-refractivity contribution in [3.63, 3.8) is 0 Å². The topological polar surface area (TPSA) is 42.0 Å². The lowest BCUT2D eigenvalue weighted by molar-refractivity contribution is -0.122. The lowest BCUT2D eigenvalue weighted by Crippen LogP contribution is -2.32. The molecule has 3 nitrogen and oxygen atoms in total. The first-order valence-corrected chi connectivity index (χ1v) is 8.98. The van der Waals surface area contributed by atoms with Crippen LogP contribution in [0.15, 0.2) is 30.3 Å². The molecule has 0 spiro atoms. The average molecular weight is 320 g/mol. The van der Waals surface area contributed by atoms with Crippen LogP contribution in [0.3, 0.4) is 0 Å². The third-order valence-corrected chi connectivity index (χ3v) is 5.08. The first-order valence-electron chi connectivity index (χ1n) is 6.77. The van der Waals surface area contributed by atoms with Crippen molar-refractivity contribution in [1.29, 1.82) is 0 Å². The van der Waals surface area contributed by atoms with Crippen molar-refractivity contribution in [2.45, 2.75) is 20.8 Å². The fourth-order valence-electron chi connectivity index (χ4n) is 2.01. The van der Waals surface area contributed by atoms with Gasteiger partial charge in [0.15, 0.2) is 5.13 Å². The van der Waals surface area contributed by atoms with E-state index in [0.29, 0.717) is 5.13 Å². The van der Waals surface area contributed by atoms with E-state index in [1.165, 1.54) is 11.3 Å². The molecule has 0 bridgehead atoms. The number of thioether (sulfide) groups is 1. The monoisotopic (exact) mass is 320 g/mol. The molecule has 2 rings (SSSR count). The minimum atomic E-state index is -0.397. The molecule has 0 unspecified atom stereocenters. The minimum Gasteiger partial charge on any atom is -0.301 e. The van der Waals surface area contributed by atoms with Gasteiger partial charge in [0, 0.05) is 16.2 Å². The predicted molar refractivity (Wildman–Crippen MR) is 93.1 cm³/mol. The zero-order valence-electron chi connectivity index (χ0n) is 12.8. The molecule has 0 saturated carbocycles. The number of benzene rings is 1. The molecule has 0 radical (unpaired) electrons. The number of carbonyl (C=O) groups is 1. The fourth-order valence-corrected chi connectivity index (χ4v) is 3.69. The van der Waals surface area contributed by atoms with E-state index in [-0.39, 0.29) is 5.91 Å². The molecule has 0 aliphatic rings. The van der Waals surface area contributed by atoms with Crippen LogP contribution >= 0.6 is 23.1 Å². The number of hydrogen-bond acceptors (Lipinski definition) is 4. The highest BCUT2D eigenvalue weighted by Crippen LogP contribution is 2.31. The van der Waals surface area contributed by atoms with E-state index in [1.807, 2.05) is 57.4 Å². The maximum Gasteiger partial charge on any atom is 0.232 e. The van der Waals surface area contributed by atoms with Crippen molar-refractivity contribution >= 4 is 34.1 Å². The lowest BCUT2D eigenvalue weighted by atomic mass is 9.95. The van der Waals surface area contributed by atoms with Crippen LogP contribution in [0.2, 0.25) is 0 Å². The van der Waals surface area contributed by atoms with E-state index in [4.69, 9.17) is 0 Å². The molecular formula is C16H20N2OS2. The Kier molecular flexibility index (Phi) is 5.06. The van der Waals surface area contributed by atoms with Gasteiger partial charge in [-0.15, -0.1) is 11.3 Å². The summed E-state index contributed by atoms with van der Waals surface area (Å²) in [5.74, 6) is 0.805. The van der Waals surface area contributed by atoms with Gasteiger partial charge in [0.05, 0.1) is 11.1 Å². The van der Waals surface area contributed by atoms with E-state index in [2.05, 4.69) is 10.3 Å². The van der Waals surface area contributed by atoms with E-state index in [9.17, 15) is 4.79 Å². The van der Waals surface area contributed by atoms with Gasteiger partial charge >= 0.3 is 0 Å². The number of aryl methyl sites for hydroxylation is 1. The van der Waals surface area contributed by atoms with Crippen molar-refractivity contribution in [2.75, 3.05) is 17.3 Å². The summed E-state index contributed by atoms with van der Waals surface area (Å²) in [5.41, 5.74) is 1.63. The molecule has 1 aromatic heterocycles. The normalized spacial score (nSPS) is 11.4. The van der Waals surface area contributed by atoms with E-state index in [1.54, 1.807) is 11.8 Å². The molecule has 0 atom stereocenters. The van der Waals surface area contributed by atoms with E-state index < -0.39 is 5.41 Å². The maximum absolute atomic E-state index is 12.3. The van der Waals surface area contributed by atoms with Gasteiger partial charge in [-0.25, -0.2) is 4.98 Å². The number of hydrogen-bond donors (Lipinski definition) is 1. The zero-order chi connectivity index (χ0) is 15.5. The molecule has 0 aliphatic heterocycles. The molecule has 112 valence electrons. The Labute approximate surface area is 134 Å². The first-order chi connectivity index (χ1) is 9.94. The minimum absolute atomic E-state index is 0.0187. The smallest absolute Gasteiger partial charge is 0.232 e. The average Bonchev–Trinajstić information content (AvgIpc) is 2.80. The second-order valence-electron chi connectivity index (χ2n) is 5.56. The molecule has 0 saturated heterocycles. The number of aromatic nitrogens is 1. The maximum atomic E-state index is 12.3. The third-order valence-electron chi connectivity index (χ3n) is 3.18. The van der Waals surface area contributed by atoms with Crippen LogP contribution in [-0.2, 0) is 4.79 Å². The molecule has 5 heteroatoms. The van der Waals surface area contributed by atoms with Gasteiger partial charge < -0.3 is 5.32 Å². The summed E-state index contributed by atoms with van der Waals surface area (Å²) in [7, 11) is 0. The Morgan fingerprint density at radius 1 is 1.33 bits per heavy atom. The van der Waals surface area contributed by atoms with Crippen LogP contribution in [-0.4, -0.2) is 22.9 Å². The van der Waals surface area contributed by atoms with Crippen LogP contribution in [0.1, 0.15) is 18.7 Å². The Morgan fingerprint density at radius 3 is 2.62 bits per heavy atom. The number of carbonyl (C=O) groups excluding carboxylic acids is 1. The SMILES string of the molecule is CSCC(C)(C)C(=O)Nc1nc(-c2ccccc2)c(C)s1. The first kappa shape index (κ1) is 16.0. The summed E-state index contributed by atoms with van der Waals surface area (Å²) in [5, 5.41) is 3.62. The van der Waals surface area contributed by atoms with Crippen LogP contribution in [0, 0.1) is 12.3 Å². The predicted octanol–water partition coefficient (Wildman–Crippen LogP) is 4.45. The summed E-state index contributed by atoms with van der Waals surface area (Å²) in [6.45, 7) is 5.94. The van der Waals surface area contributed by atoms with Crippen molar-refractivity contribution < 1.29 is 4.79 Å². The number of amides is 1. The lowest BCUT2D eigenvalue weighted by Gasteiger charge is -2.21. The molecule has 1 heterocycles. The molecule has 1 amide bonds. The van der Waals surface area contributed by atoms with E-state index in [0.717, 1.165) is 21.9 Å². The van der Waals surface area contributed by atoms with Gasteiger partial charge in [0.1, 0.15) is 0 Å². The van der Waals surface area contributed by atoms with Crippen LogP contribution in [0.5, 0.6) is 0 Å². The molecule has 1 N–H and O–H groups in total. The van der Waals surface area contributed by atoms with E-state index >= 15 is 0 Å². The van der Waals surface area contributed by atoms with Crippen molar-refractivity contribution in [1.82, 2.24) is 4.98 Å². The van der Waals surface area contributed by atoms with Gasteiger partial charge in [-0.1, -0.05) is 44.2 Å². The second-order valence-corrected chi connectivity index (χ2v) is 7.63. The number of nitrogens with zero attached hydrogens (tertiary/aromatic N) is 1. The van der Waals surface area contributed by atoms with Crippen molar-refractivity contribution in [3.05, 3.63) is 35.2 Å². The highest BCUT2D eigenvalue weighted by molar-refractivity contribution is 7.98. The van der Waals surface area contributed by atoms with Gasteiger partial charge in [-0.3, -0.25) is 4.79 Å². The van der Waals surface area contributed by atoms with Crippen molar-refractivity contribution in [3.8, 4) is 11.3 Å². The summed E-state index contributed by atoms with van der Waals surface area (Å²) >= 11 is 3.20. The summed E-state index contributed by atoms with van der Waals surface area (Å²) < 4.78 is 0. The Morgan fingerprint density at radius 2 is 2.00 bits per heavy atom. The van der Waals surface area contributed by atoms with Gasteiger partial charge in [-0.2, -0.15) is 11.8 Å². The van der Waals surface area contributed by atoms with Gasteiger partial charge in [0.2, 0.25) is 5.91 Å². The summed E-state index contributed by atoms with van der Waals surface area (Å²) in [6.07, 6.45) is 2.01. The quantitative estimate of drug-likeness (QED) is 0.885. The largest absolute Gasteiger partial charge is 0.301 e. The highest BCUT2D eigenvalue weighted by atomic mass is 32.2. The Bertz CT molecular complexity index is 620. The molecular weight excluding hydrogens is 300 g/mol. The molecule has 1 aromatic carbocycles. The number of thiazole rings is 1. The molecule has 21 heavy (non-hydrogen) atoms. The van der Waals surface area contributed by atoms with Crippen LogP contribution in [0.4, 0.5) is 5.13 Å². The zero-order valence-corrected chi connectivity index (χ0v) is 14.4. The van der Waals surface area contributed by atoms with Gasteiger partial charge in [-0.05, 0) is 13.2 Å². The number of rotatable bonds is 5. The summed E-state index contributed by atoms with van der Waals surface area (Å²) in [6, 6.07) is 10.0. The van der Waals surface area contributed by atoms with Gasteiger partial charge in [0.25, 0.3) is 0 Å². The highest BCUT2D eigenvalue weighted by Gasteiger charge is 2.28. The second kappa shape index (κ2) is 6.62. The molecule has 2 aromatic rings. The van der Waals surface area contributed by atoms with Crippen molar-refractivity contribution in [2.24, 2.45) is 5.41 Å². The van der Waals surface area contributed by atoms with Crippen LogP contribution < -0.4 is 5.32 Å². The standard InChI is InChI=1S/C16H20N2OS2/c1-11-13(12-8-6-5-7-9-12)17-15(21-11)18-14(19)16(2,3)10-20-4/h5-9H,10H2,1-4H3,(H,17,18,19). The molecule has 0 fully saturated rings.